The van der Waals surface area contributed by atoms with Gasteiger partial charge in [-0.25, -0.2) is 4.39 Å². The SMILES string of the molecule is CC(C)[C@H](N)c1cc2c(F)c(Cl)ccc2o1. The maximum atomic E-state index is 13.6. The third-order valence-electron chi connectivity index (χ3n) is 2.65. The third-order valence-corrected chi connectivity index (χ3v) is 2.95. The van der Waals surface area contributed by atoms with Crippen LogP contribution in [-0.4, -0.2) is 0 Å². The molecule has 0 radical (unpaired) electrons. The maximum absolute atomic E-state index is 13.6. The number of rotatable bonds is 2. The van der Waals surface area contributed by atoms with Crippen molar-refractivity contribution in [2.45, 2.75) is 19.9 Å². The number of hydrogen-bond acceptors (Lipinski definition) is 2. The number of halogens is 2. The zero-order valence-electron chi connectivity index (χ0n) is 9.13. The lowest BCUT2D eigenvalue weighted by Gasteiger charge is -2.11. The lowest BCUT2D eigenvalue weighted by Crippen LogP contribution is -2.15. The highest BCUT2D eigenvalue weighted by atomic mass is 35.5. The molecule has 16 heavy (non-hydrogen) atoms. The van der Waals surface area contributed by atoms with Gasteiger partial charge >= 0.3 is 0 Å². The van der Waals surface area contributed by atoms with Crippen LogP contribution in [0.15, 0.2) is 22.6 Å². The summed E-state index contributed by atoms with van der Waals surface area (Å²) < 4.78 is 19.1. The molecule has 0 unspecified atom stereocenters. The first-order valence-electron chi connectivity index (χ1n) is 5.13. The minimum atomic E-state index is -0.454. The molecule has 0 saturated heterocycles. The van der Waals surface area contributed by atoms with Gasteiger partial charge in [-0.2, -0.15) is 0 Å². The molecule has 0 bridgehead atoms. The smallest absolute Gasteiger partial charge is 0.152 e. The molecule has 0 aliphatic rings. The molecule has 0 aliphatic carbocycles. The molecule has 86 valence electrons. The van der Waals surface area contributed by atoms with Gasteiger partial charge in [0.25, 0.3) is 0 Å². The molecular formula is C12H13ClFNO. The fraction of sp³-hybridized carbons (Fsp3) is 0.333. The van der Waals surface area contributed by atoms with E-state index in [2.05, 4.69) is 0 Å². The van der Waals surface area contributed by atoms with Crippen molar-refractivity contribution in [1.29, 1.82) is 0 Å². The van der Waals surface area contributed by atoms with Gasteiger partial charge in [0.15, 0.2) is 5.82 Å². The van der Waals surface area contributed by atoms with Gasteiger partial charge in [0.2, 0.25) is 0 Å². The molecule has 1 atom stereocenters. The molecule has 0 spiro atoms. The van der Waals surface area contributed by atoms with Crippen LogP contribution in [0.25, 0.3) is 11.0 Å². The van der Waals surface area contributed by atoms with Crippen LogP contribution in [0.5, 0.6) is 0 Å². The minimum absolute atomic E-state index is 0.0953. The Hall–Kier alpha value is -1.06. The van der Waals surface area contributed by atoms with E-state index in [-0.39, 0.29) is 17.0 Å². The monoisotopic (exact) mass is 241 g/mol. The van der Waals surface area contributed by atoms with Gasteiger partial charge in [-0.3, -0.25) is 0 Å². The summed E-state index contributed by atoms with van der Waals surface area (Å²) >= 11 is 5.69. The third kappa shape index (κ3) is 1.81. The van der Waals surface area contributed by atoms with E-state index in [1.165, 1.54) is 6.07 Å². The standard InChI is InChI=1S/C12H13ClFNO/c1-6(2)12(15)10-5-7-9(16-10)4-3-8(13)11(7)14/h3-6,12H,15H2,1-2H3/t12-/m0/s1. The Morgan fingerprint density at radius 3 is 2.69 bits per heavy atom. The van der Waals surface area contributed by atoms with Gasteiger partial charge < -0.3 is 10.2 Å². The Morgan fingerprint density at radius 2 is 2.06 bits per heavy atom. The highest BCUT2D eigenvalue weighted by molar-refractivity contribution is 6.31. The van der Waals surface area contributed by atoms with Crippen molar-refractivity contribution in [3.05, 3.63) is 34.8 Å². The lowest BCUT2D eigenvalue weighted by molar-refractivity contribution is 0.418. The molecule has 1 heterocycles. The van der Waals surface area contributed by atoms with Crippen LogP contribution in [0.4, 0.5) is 4.39 Å². The van der Waals surface area contributed by atoms with Crippen molar-refractivity contribution in [2.24, 2.45) is 11.7 Å². The normalized spacial score (nSPS) is 13.6. The van der Waals surface area contributed by atoms with E-state index in [0.717, 1.165) is 0 Å². The van der Waals surface area contributed by atoms with Crippen molar-refractivity contribution >= 4 is 22.6 Å². The van der Waals surface area contributed by atoms with Crippen LogP contribution in [0.2, 0.25) is 5.02 Å². The van der Waals surface area contributed by atoms with E-state index in [0.29, 0.717) is 16.7 Å². The first-order chi connectivity index (χ1) is 7.50. The molecule has 0 fully saturated rings. The molecule has 0 amide bonds. The number of benzene rings is 1. The number of hydrogen-bond donors (Lipinski definition) is 1. The van der Waals surface area contributed by atoms with Gasteiger partial charge in [-0.05, 0) is 24.1 Å². The van der Waals surface area contributed by atoms with E-state index < -0.39 is 5.82 Å². The zero-order valence-corrected chi connectivity index (χ0v) is 9.88. The second kappa shape index (κ2) is 4.07. The summed E-state index contributed by atoms with van der Waals surface area (Å²) in [6.45, 7) is 3.97. The molecule has 2 rings (SSSR count). The van der Waals surface area contributed by atoms with Crippen molar-refractivity contribution in [2.75, 3.05) is 0 Å². The van der Waals surface area contributed by atoms with Crippen molar-refractivity contribution in [3.8, 4) is 0 Å². The maximum Gasteiger partial charge on any atom is 0.152 e. The Labute approximate surface area is 98.2 Å². The molecule has 0 saturated carbocycles. The Bertz CT molecular complexity index is 521. The van der Waals surface area contributed by atoms with Crippen molar-refractivity contribution < 1.29 is 8.81 Å². The van der Waals surface area contributed by atoms with E-state index in [1.807, 2.05) is 13.8 Å². The highest BCUT2D eigenvalue weighted by Crippen LogP contribution is 2.30. The topological polar surface area (TPSA) is 39.2 Å². The van der Waals surface area contributed by atoms with Gasteiger partial charge in [0, 0.05) is 0 Å². The van der Waals surface area contributed by atoms with Crippen molar-refractivity contribution in [3.63, 3.8) is 0 Å². The van der Waals surface area contributed by atoms with E-state index in [1.54, 1.807) is 12.1 Å². The number of furan rings is 1. The summed E-state index contributed by atoms with van der Waals surface area (Å²) in [6, 6.07) is 4.52. The Balaban J connectivity index is 2.56. The van der Waals surface area contributed by atoms with Crippen LogP contribution in [0.3, 0.4) is 0 Å². The number of nitrogens with two attached hydrogens (primary N) is 1. The summed E-state index contributed by atoms with van der Waals surface area (Å²) in [4.78, 5) is 0. The highest BCUT2D eigenvalue weighted by Gasteiger charge is 2.17. The molecule has 2 aromatic rings. The van der Waals surface area contributed by atoms with Gasteiger partial charge in [-0.15, -0.1) is 0 Å². The van der Waals surface area contributed by atoms with Crippen LogP contribution in [-0.2, 0) is 0 Å². The fourth-order valence-corrected chi connectivity index (χ4v) is 1.73. The molecule has 2 nitrogen and oxygen atoms in total. The van der Waals surface area contributed by atoms with Gasteiger partial charge in [0.1, 0.15) is 11.3 Å². The fourth-order valence-electron chi connectivity index (χ4n) is 1.56. The summed E-state index contributed by atoms with van der Waals surface area (Å²) in [5.41, 5.74) is 6.42. The second-order valence-electron chi connectivity index (χ2n) is 4.19. The van der Waals surface area contributed by atoms with E-state index in [4.69, 9.17) is 21.8 Å². The summed E-state index contributed by atoms with van der Waals surface area (Å²) in [7, 11) is 0. The largest absolute Gasteiger partial charge is 0.459 e. The summed E-state index contributed by atoms with van der Waals surface area (Å²) in [5, 5.41) is 0.483. The Kier molecular flexibility index (Phi) is 2.91. The molecule has 1 aromatic carbocycles. The van der Waals surface area contributed by atoms with Crippen LogP contribution in [0.1, 0.15) is 25.6 Å². The summed E-state index contributed by atoms with van der Waals surface area (Å²) in [6.07, 6.45) is 0. The van der Waals surface area contributed by atoms with Gasteiger partial charge in [-0.1, -0.05) is 25.4 Å². The first kappa shape index (κ1) is 11.4. The first-order valence-corrected chi connectivity index (χ1v) is 5.51. The Morgan fingerprint density at radius 1 is 1.38 bits per heavy atom. The second-order valence-corrected chi connectivity index (χ2v) is 4.60. The van der Waals surface area contributed by atoms with Gasteiger partial charge in [0.05, 0.1) is 16.5 Å². The van der Waals surface area contributed by atoms with E-state index >= 15 is 0 Å². The zero-order chi connectivity index (χ0) is 11.9. The predicted molar refractivity (Wildman–Crippen MR) is 62.9 cm³/mol. The van der Waals surface area contributed by atoms with Crippen LogP contribution < -0.4 is 5.73 Å². The molecule has 4 heteroatoms. The predicted octanol–water partition coefficient (Wildman–Crippen LogP) is 3.88. The summed E-state index contributed by atoms with van der Waals surface area (Å²) in [5.74, 6) is 0.371. The number of fused-ring (bicyclic) bond motifs is 1. The average molecular weight is 242 g/mol. The quantitative estimate of drug-likeness (QED) is 0.867. The molecule has 2 N–H and O–H groups in total. The van der Waals surface area contributed by atoms with Crippen LogP contribution >= 0.6 is 11.6 Å². The van der Waals surface area contributed by atoms with Crippen molar-refractivity contribution in [1.82, 2.24) is 0 Å². The molecule has 1 aromatic heterocycles. The molecular weight excluding hydrogens is 229 g/mol. The average Bonchev–Trinajstić information content (AvgIpc) is 2.67. The lowest BCUT2D eigenvalue weighted by atomic mass is 10.0. The minimum Gasteiger partial charge on any atom is -0.459 e. The van der Waals surface area contributed by atoms with Crippen LogP contribution in [0, 0.1) is 11.7 Å². The molecule has 0 aliphatic heterocycles. The van der Waals surface area contributed by atoms with E-state index in [9.17, 15) is 4.39 Å².